The van der Waals surface area contributed by atoms with Gasteiger partial charge >= 0.3 is 5.97 Å². The minimum absolute atomic E-state index is 0.0264. The summed E-state index contributed by atoms with van der Waals surface area (Å²) in [6.07, 6.45) is 6.15. The summed E-state index contributed by atoms with van der Waals surface area (Å²) in [6, 6.07) is -0.728. The number of aryl methyl sites for hydroxylation is 1. The number of amides is 1. The lowest BCUT2D eigenvalue weighted by molar-refractivity contribution is -0.146. The molecule has 138 valence electrons. The molecule has 2 aliphatic rings. The maximum Gasteiger partial charge on any atom is 0.322 e. The van der Waals surface area contributed by atoms with Crippen molar-refractivity contribution in [2.75, 3.05) is 20.1 Å². The van der Waals surface area contributed by atoms with Crippen LogP contribution in [0.2, 0.25) is 0 Å². The van der Waals surface area contributed by atoms with Crippen molar-refractivity contribution in [2.45, 2.75) is 58.2 Å². The predicted octanol–water partition coefficient (Wildman–Crippen LogP) is 0.894. The summed E-state index contributed by atoms with van der Waals surface area (Å²) in [5, 5.41) is 17.7. The standard InChI is InChI=1S/C17H27N5O3/c1-12-18-19-15-10-21(14(17(24)25)9-22(12)15)11-16(23)20(2)8-13-6-4-3-5-7-13/h13-14H,3-11H2,1-2H3,(H,24,25). The number of aromatic nitrogens is 3. The average molecular weight is 349 g/mol. The van der Waals surface area contributed by atoms with Crippen molar-refractivity contribution in [1.82, 2.24) is 24.6 Å². The maximum atomic E-state index is 12.6. The zero-order valence-electron chi connectivity index (χ0n) is 15.0. The number of hydrogen-bond acceptors (Lipinski definition) is 5. The normalized spacial score (nSPS) is 21.8. The largest absolute Gasteiger partial charge is 0.480 e. The summed E-state index contributed by atoms with van der Waals surface area (Å²) in [5.41, 5.74) is 0. The molecule has 8 heteroatoms. The van der Waals surface area contributed by atoms with Crippen LogP contribution in [-0.2, 0) is 22.7 Å². The Morgan fingerprint density at radius 1 is 1.24 bits per heavy atom. The van der Waals surface area contributed by atoms with Gasteiger partial charge in [-0.1, -0.05) is 19.3 Å². The van der Waals surface area contributed by atoms with E-state index in [0.717, 1.165) is 12.4 Å². The van der Waals surface area contributed by atoms with Gasteiger partial charge in [0.1, 0.15) is 17.7 Å². The first kappa shape index (κ1) is 17.8. The predicted molar refractivity (Wildman–Crippen MR) is 90.8 cm³/mol. The Labute approximate surface area is 147 Å². The van der Waals surface area contributed by atoms with Crippen molar-refractivity contribution in [3.63, 3.8) is 0 Å². The van der Waals surface area contributed by atoms with Crippen molar-refractivity contribution in [3.8, 4) is 0 Å². The molecule has 3 rings (SSSR count). The lowest BCUT2D eigenvalue weighted by Gasteiger charge is -2.34. The molecule has 0 spiro atoms. The number of nitrogens with zero attached hydrogens (tertiary/aromatic N) is 5. The fraction of sp³-hybridized carbons (Fsp3) is 0.765. The van der Waals surface area contributed by atoms with Crippen LogP contribution in [0.15, 0.2) is 0 Å². The summed E-state index contributed by atoms with van der Waals surface area (Å²) in [7, 11) is 1.82. The SMILES string of the molecule is Cc1nnc2n1CC(C(=O)O)N(CC(=O)N(C)CC1CCCCC1)C2. The second-order valence-electron chi connectivity index (χ2n) is 7.31. The van der Waals surface area contributed by atoms with Crippen molar-refractivity contribution in [3.05, 3.63) is 11.6 Å². The first-order valence-corrected chi connectivity index (χ1v) is 9.05. The molecule has 1 aliphatic carbocycles. The number of rotatable bonds is 5. The molecular formula is C17H27N5O3. The second kappa shape index (κ2) is 7.51. The van der Waals surface area contributed by atoms with Gasteiger partial charge in [0.25, 0.3) is 0 Å². The van der Waals surface area contributed by atoms with E-state index in [4.69, 9.17) is 0 Å². The van der Waals surface area contributed by atoms with Crippen LogP contribution in [0.3, 0.4) is 0 Å². The number of likely N-dealkylation sites (N-methyl/N-ethyl adjacent to an activating group) is 1. The second-order valence-corrected chi connectivity index (χ2v) is 7.31. The molecule has 1 amide bonds. The van der Waals surface area contributed by atoms with E-state index < -0.39 is 12.0 Å². The summed E-state index contributed by atoms with van der Waals surface area (Å²) < 4.78 is 1.82. The van der Waals surface area contributed by atoms with Crippen LogP contribution in [-0.4, -0.2) is 67.7 Å². The Morgan fingerprint density at radius 2 is 1.96 bits per heavy atom. The minimum Gasteiger partial charge on any atom is -0.480 e. The number of carbonyl (C=O) groups excluding carboxylic acids is 1. The van der Waals surface area contributed by atoms with Gasteiger partial charge in [-0.25, -0.2) is 0 Å². The van der Waals surface area contributed by atoms with Crippen LogP contribution in [0, 0.1) is 12.8 Å². The van der Waals surface area contributed by atoms with Gasteiger partial charge in [0.2, 0.25) is 5.91 Å². The van der Waals surface area contributed by atoms with Gasteiger partial charge in [-0.3, -0.25) is 14.5 Å². The highest BCUT2D eigenvalue weighted by molar-refractivity contribution is 5.80. The van der Waals surface area contributed by atoms with E-state index in [1.165, 1.54) is 32.1 Å². The van der Waals surface area contributed by atoms with Crippen molar-refractivity contribution >= 4 is 11.9 Å². The molecule has 0 aromatic carbocycles. The van der Waals surface area contributed by atoms with Gasteiger partial charge in [-0.05, 0) is 25.7 Å². The van der Waals surface area contributed by atoms with Gasteiger partial charge in [0, 0.05) is 13.6 Å². The number of hydrogen-bond donors (Lipinski definition) is 1. The van der Waals surface area contributed by atoms with Crippen LogP contribution < -0.4 is 0 Å². The zero-order chi connectivity index (χ0) is 18.0. The van der Waals surface area contributed by atoms with Crippen LogP contribution >= 0.6 is 0 Å². The molecule has 2 heterocycles. The Balaban J connectivity index is 1.63. The van der Waals surface area contributed by atoms with Gasteiger partial charge < -0.3 is 14.6 Å². The lowest BCUT2D eigenvalue weighted by Crippen LogP contribution is -2.51. The monoisotopic (exact) mass is 349 g/mol. The molecule has 1 saturated carbocycles. The van der Waals surface area contributed by atoms with Crippen molar-refractivity contribution in [2.24, 2.45) is 5.92 Å². The lowest BCUT2D eigenvalue weighted by atomic mass is 9.89. The number of fused-ring (bicyclic) bond motifs is 1. The highest BCUT2D eigenvalue weighted by Crippen LogP contribution is 2.24. The molecule has 1 aromatic rings. The van der Waals surface area contributed by atoms with Gasteiger partial charge in [0.05, 0.1) is 19.6 Å². The Bertz CT molecular complexity index is 638. The van der Waals surface area contributed by atoms with Crippen LogP contribution in [0.1, 0.15) is 43.8 Å². The van der Waals surface area contributed by atoms with E-state index in [2.05, 4.69) is 10.2 Å². The molecule has 1 aliphatic heterocycles. The zero-order valence-corrected chi connectivity index (χ0v) is 15.0. The highest BCUT2D eigenvalue weighted by Gasteiger charge is 2.35. The summed E-state index contributed by atoms with van der Waals surface area (Å²) >= 11 is 0. The molecule has 1 aromatic heterocycles. The molecule has 8 nitrogen and oxygen atoms in total. The molecule has 0 radical (unpaired) electrons. The van der Waals surface area contributed by atoms with E-state index in [1.807, 2.05) is 18.5 Å². The molecule has 1 fully saturated rings. The Hall–Kier alpha value is -1.96. The van der Waals surface area contributed by atoms with E-state index in [9.17, 15) is 14.7 Å². The van der Waals surface area contributed by atoms with E-state index in [1.54, 1.807) is 9.80 Å². The Morgan fingerprint density at radius 3 is 2.64 bits per heavy atom. The van der Waals surface area contributed by atoms with E-state index in [-0.39, 0.29) is 19.0 Å². The van der Waals surface area contributed by atoms with Crippen molar-refractivity contribution in [1.29, 1.82) is 0 Å². The van der Waals surface area contributed by atoms with Crippen LogP contribution in [0.25, 0.3) is 0 Å². The molecular weight excluding hydrogens is 322 g/mol. The molecule has 0 bridgehead atoms. The quantitative estimate of drug-likeness (QED) is 0.849. The van der Waals surface area contributed by atoms with Crippen LogP contribution in [0.5, 0.6) is 0 Å². The van der Waals surface area contributed by atoms with Crippen molar-refractivity contribution < 1.29 is 14.7 Å². The first-order valence-electron chi connectivity index (χ1n) is 9.05. The van der Waals surface area contributed by atoms with Gasteiger partial charge in [0.15, 0.2) is 0 Å². The van der Waals surface area contributed by atoms with E-state index in [0.29, 0.717) is 18.3 Å². The number of carbonyl (C=O) groups is 2. The molecule has 25 heavy (non-hydrogen) atoms. The third kappa shape index (κ3) is 4.00. The van der Waals surface area contributed by atoms with Crippen LogP contribution in [0.4, 0.5) is 0 Å². The maximum absolute atomic E-state index is 12.6. The fourth-order valence-corrected chi connectivity index (χ4v) is 3.91. The third-order valence-corrected chi connectivity index (χ3v) is 5.46. The van der Waals surface area contributed by atoms with E-state index >= 15 is 0 Å². The summed E-state index contributed by atoms with van der Waals surface area (Å²) in [5.74, 6) is 1.06. The fourth-order valence-electron chi connectivity index (χ4n) is 3.91. The molecule has 1 N–H and O–H groups in total. The summed E-state index contributed by atoms with van der Waals surface area (Å²) in [4.78, 5) is 27.7. The molecule has 1 atom stereocenters. The third-order valence-electron chi connectivity index (χ3n) is 5.46. The van der Waals surface area contributed by atoms with Gasteiger partial charge in [-0.2, -0.15) is 0 Å². The molecule has 0 saturated heterocycles. The number of aliphatic carboxylic acids is 1. The number of carboxylic acid groups (broad SMARTS) is 1. The highest BCUT2D eigenvalue weighted by atomic mass is 16.4. The topological polar surface area (TPSA) is 91.6 Å². The number of carboxylic acids is 1. The van der Waals surface area contributed by atoms with Gasteiger partial charge in [-0.15, -0.1) is 10.2 Å². The average Bonchev–Trinajstić information content (AvgIpc) is 2.95. The first-order chi connectivity index (χ1) is 12.0. The Kier molecular flexibility index (Phi) is 5.36. The minimum atomic E-state index is -0.915. The smallest absolute Gasteiger partial charge is 0.322 e. The molecule has 1 unspecified atom stereocenters. The summed E-state index contributed by atoms with van der Waals surface area (Å²) in [6.45, 7) is 3.30.